The first-order chi connectivity index (χ1) is 13.1. The molecule has 0 amide bonds. The molecule has 1 aliphatic heterocycles. The molecule has 6 heteroatoms. The van der Waals surface area contributed by atoms with Crippen molar-refractivity contribution in [2.24, 2.45) is 9.98 Å². The van der Waals surface area contributed by atoms with E-state index in [1.165, 1.54) is 12.1 Å². The summed E-state index contributed by atoms with van der Waals surface area (Å²) < 4.78 is 0. The predicted molar refractivity (Wildman–Crippen MR) is 103 cm³/mol. The van der Waals surface area contributed by atoms with Gasteiger partial charge in [-0.15, -0.1) is 0 Å². The van der Waals surface area contributed by atoms with Crippen LogP contribution in [-0.4, -0.2) is 21.6 Å². The maximum absolute atomic E-state index is 11.4. The molecule has 0 fully saturated rings. The molecule has 0 bridgehead atoms. The Labute approximate surface area is 155 Å². The van der Waals surface area contributed by atoms with Gasteiger partial charge in [-0.1, -0.05) is 60.7 Å². The molecule has 0 aliphatic carbocycles. The van der Waals surface area contributed by atoms with Crippen LogP contribution in [0, 0.1) is 10.1 Å². The normalized spacial score (nSPS) is 18.7. The second-order valence-electron chi connectivity index (χ2n) is 6.10. The fourth-order valence-electron chi connectivity index (χ4n) is 3.01. The lowest BCUT2D eigenvalue weighted by atomic mass is 9.94. The highest BCUT2D eigenvalue weighted by molar-refractivity contribution is 6.20. The van der Waals surface area contributed by atoms with E-state index in [1.54, 1.807) is 24.3 Å². The molecular formula is C21H15N3O3. The van der Waals surface area contributed by atoms with Gasteiger partial charge in [0.2, 0.25) is 5.72 Å². The van der Waals surface area contributed by atoms with Crippen LogP contribution in [0.15, 0.2) is 94.9 Å². The number of nitrogens with zero attached hydrogens (tertiary/aromatic N) is 3. The molecule has 4 rings (SSSR count). The van der Waals surface area contributed by atoms with E-state index in [-0.39, 0.29) is 5.69 Å². The number of aliphatic hydroxyl groups is 1. The Bertz CT molecular complexity index is 1050. The molecule has 1 N–H and O–H groups in total. The van der Waals surface area contributed by atoms with E-state index in [1.807, 2.05) is 48.5 Å². The van der Waals surface area contributed by atoms with Gasteiger partial charge in [0.25, 0.3) is 5.69 Å². The third kappa shape index (κ3) is 3.02. The first-order valence-corrected chi connectivity index (χ1v) is 8.35. The van der Waals surface area contributed by atoms with E-state index in [0.29, 0.717) is 22.7 Å². The third-order valence-electron chi connectivity index (χ3n) is 4.38. The van der Waals surface area contributed by atoms with Crippen LogP contribution in [0.3, 0.4) is 0 Å². The number of non-ortho nitro benzene ring substituents is 1. The van der Waals surface area contributed by atoms with Crippen LogP contribution in [0.4, 0.5) is 5.69 Å². The lowest BCUT2D eigenvalue weighted by Gasteiger charge is -2.22. The second-order valence-corrected chi connectivity index (χ2v) is 6.10. The summed E-state index contributed by atoms with van der Waals surface area (Å²) in [6, 6.07) is 24.4. The average molecular weight is 357 g/mol. The first-order valence-electron chi connectivity index (χ1n) is 8.35. The van der Waals surface area contributed by atoms with Gasteiger partial charge in [0.15, 0.2) is 5.84 Å². The van der Waals surface area contributed by atoms with Crippen LogP contribution in [0.25, 0.3) is 0 Å². The van der Waals surface area contributed by atoms with Gasteiger partial charge in [-0.05, 0) is 12.1 Å². The summed E-state index contributed by atoms with van der Waals surface area (Å²) in [7, 11) is 0. The van der Waals surface area contributed by atoms with E-state index in [0.717, 1.165) is 5.56 Å². The summed E-state index contributed by atoms with van der Waals surface area (Å²) in [6.45, 7) is 0. The number of hydrogen-bond acceptors (Lipinski definition) is 5. The number of nitro groups is 1. The van der Waals surface area contributed by atoms with Gasteiger partial charge in [-0.3, -0.25) is 10.1 Å². The van der Waals surface area contributed by atoms with Gasteiger partial charge in [-0.25, -0.2) is 9.98 Å². The molecule has 1 unspecified atom stereocenters. The van der Waals surface area contributed by atoms with Crippen LogP contribution in [0.2, 0.25) is 0 Å². The van der Waals surface area contributed by atoms with Crippen molar-refractivity contribution >= 4 is 17.2 Å². The average Bonchev–Trinajstić information content (AvgIpc) is 3.08. The van der Waals surface area contributed by atoms with E-state index in [4.69, 9.17) is 0 Å². The van der Waals surface area contributed by atoms with Crippen LogP contribution in [-0.2, 0) is 5.72 Å². The molecule has 0 aromatic heterocycles. The SMILES string of the molecule is O=[N+]([O-])c1ccc(C2=NC(O)(c3ccccc3)C(c3ccccc3)=N2)cc1. The number of hydrogen-bond donors (Lipinski definition) is 1. The zero-order chi connectivity index (χ0) is 18.9. The van der Waals surface area contributed by atoms with Crippen molar-refractivity contribution < 1.29 is 10.0 Å². The van der Waals surface area contributed by atoms with E-state index >= 15 is 0 Å². The zero-order valence-corrected chi connectivity index (χ0v) is 14.2. The number of nitro benzene ring substituents is 1. The lowest BCUT2D eigenvalue weighted by molar-refractivity contribution is -0.384. The molecule has 6 nitrogen and oxygen atoms in total. The minimum Gasteiger partial charge on any atom is -0.361 e. The summed E-state index contributed by atoms with van der Waals surface area (Å²) in [5, 5.41) is 22.3. The Kier molecular flexibility index (Phi) is 4.10. The van der Waals surface area contributed by atoms with Crippen LogP contribution in [0.1, 0.15) is 16.7 Å². The second kappa shape index (κ2) is 6.59. The van der Waals surface area contributed by atoms with Gasteiger partial charge in [0, 0.05) is 28.8 Å². The van der Waals surface area contributed by atoms with Gasteiger partial charge in [-0.2, -0.15) is 0 Å². The number of amidine groups is 1. The van der Waals surface area contributed by atoms with E-state index in [2.05, 4.69) is 9.98 Å². The summed E-state index contributed by atoms with van der Waals surface area (Å²) in [6.07, 6.45) is 0. The fraction of sp³-hybridized carbons (Fsp3) is 0.0476. The van der Waals surface area contributed by atoms with Crippen molar-refractivity contribution in [3.63, 3.8) is 0 Å². The Morgan fingerprint density at radius 1 is 0.815 bits per heavy atom. The summed E-state index contributed by atoms with van der Waals surface area (Å²) in [5.74, 6) is 0.329. The molecule has 1 aliphatic rings. The van der Waals surface area contributed by atoms with E-state index in [9.17, 15) is 15.2 Å². The number of rotatable bonds is 4. The highest BCUT2D eigenvalue weighted by Gasteiger charge is 2.40. The van der Waals surface area contributed by atoms with Crippen LogP contribution in [0.5, 0.6) is 0 Å². The Balaban J connectivity index is 1.84. The Morgan fingerprint density at radius 2 is 1.41 bits per heavy atom. The summed E-state index contributed by atoms with van der Waals surface area (Å²) >= 11 is 0. The van der Waals surface area contributed by atoms with Crippen molar-refractivity contribution in [2.45, 2.75) is 5.72 Å². The lowest BCUT2D eigenvalue weighted by Crippen LogP contribution is -2.32. The maximum Gasteiger partial charge on any atom is 0.269 e. The fourth-order valence-corrected chi connectivity index (χ4v) is 3.01. The molecule has 0 saturated carbocycles. The van der Waals surface area contributed by atoms with Crippen molar-refractivity contribution in [1.29, 1.82) is 0 Å². The molecule has 27 heavy (non-hydrogen) atoms. The minimum atomic E-state index is -1.63. The smallest absolute Gasteiger partial charge is 0.269 e. The largest absolute Gasteiger partial charge is 0.361 e. The summed E-state index contributed by atoms with van der Waals surface area (Å²) in [5.41, 5.74) is 0.736. The minimum absolute atomic E-state index is 0.0112. The Morgan fingerprint density at radius 3 is 2.00 bits per heavy atom. The topological polar surface area (TPSA) is 88.1 Å². The third-order valence-corrected chi connectivity index (χ3v) is 4.38. The van der Waals surface area contributed by atoms with Crippen LogP contribution >= 0.6 is 0 Å². The molecule has 0 saturated heterocycles. The standard InChI is InChI=1S/C21H15N3O3/c25-21(17-9-5-2-6-10-17)19(15-7-3-1-4-8-15)22-20(23-21)16-11-13-18(14-12-16)24(26)27/h1-14,25H. The highest BCUT2D eigenvalue weighted by atomic mass is 16.6. The maximum atomic E-state index is 11.4. The quantitative estimate of drug-likeness (QED) is 0.570. The number of aliphatic imine (C=N–C) groups is 2. The molecule has 1 atom stereocenters. The number of benzene rings is 3. The molecule has 3 aromatic carbocycles. The molecule has 132 valence electrons. The van der Waals surface area contributed by atoms with Gasteiger partial charge in [0.1, 0.15) is 5.71 Å². The molecular weight excluding hydrogens is 342 g/mol. The zero-order valence-electron chi connectivity index (χ0n) is 14.2. The monoisotopic (exact) mass is 357 g/mol. The van der Waals surface area contributed by atoms with Crippen molar-refractivity contribution in [1.82, 2.24) is 0 Å². The van der Waals surface area contributed by atoms with Gasteiger partial charge < -0.3 is 5.11 Å². The van der Waals surface area contributed by atoms with Crippen molar-refractivity contribution in [3.8, 4) is 0 Å². The van der Waals surface area contributed by atoms with Crippen LogP contribution < -0.4 is 0 Å². The summed E-state index contributed by atoms with van der Waals surface area (Å²) in [4.78, 5) is 19.5. The highest BCUT2D eigenvalue weighted by Crippen LogP contribution is 2.33. The van der Waals surface area contributed by atoms with E-state index < -0.39 is 10.6 Å². The predicted octanol–water partition coefficient (Wildman–Crippen LogP) is 3.69. The van der Waals surface area contributed by atoms with Crippen molar-refractivity contribution in [3.05, 3.63) is 112 Å². The van der Waals surface area contributed by atoms with Crippen molar-refractivity contribution in [2.75, 3.05) is 0 Å². The van der Waals surface area contributed by atoms with Gasteiger partial charge in [0.05, 0.1) is 4.92 Å². The molecule has 0 spiro atoms. The van der Waals surface area contributed by atoms with Gasteiger partial charge >= 0.3 is 0 Å². The first kappa shape index (κ1) is 16.8. The molecule has 3 aromatic rings. The molecule has 0 radical (unpaired) electrons. The Hall–Kier alpha value is -3.64. The molecule has 1 heterocycles.